The number of sulfonamides is 1. The zero-order valence-electron chi connectivity index (χ0n) is 12.3. The van der Waals surface area contributed by atoms with Gasteiger partial charge in [-0.15, -0.1) is 0 Å². The first-order valence-corrected chi connectivity index (χ1v) is 8.61. The molecule has 0 radical (unpaired) electrons. The van der Waals surface area contributed by atoms with E-state index in [0.29, 0.717) is 13.1 Å². The summed E-state index contributed by atoms with van der Waals surface area (Å²) in [6.45, 7) is 2.89. The van der Waals surface area contributed by atoms with Crippen molar-refractivity contribution in [1.82, 2.24) is 14.5 Å². The van der Waals surface area contributed by atoms with Crippen molar-refractivity contribution >= 4 is 10.0 Å². The maximum atomic E-state index is 13.0. The number of nitrogens with zero attached hydrogens (tertiary/aromatic N) is 2. The van der Waals surface area contributed by atoms with Crippen molar-refractivity contribution in [3.63, 3.8) is 0 Å². The molecule has 1 atom stereocenters. The average molecular weight is 323 g/mol. The second-order valence-electron chi connectivity index (χ2n) is 5.93. The van der Waals surface area contributed by atoms with Gasteiger partial charge in [-0.1, -0.05) is 6.92 Å². The summed E-state index contributed by atoms with van der Waals surface area (Å²) in [5, 5.41) is 6.91. The van der Waals surface area contributed by atoms with Gasteiger partial charge in [0.25, 0.3) is 0 Å². The number of rotatable bonds is 3. The van der Waals surface area contributed by atoms with Gasteiger partial charge in [0.05, 0.1) is 4.90 Å². The van der Waals surface area contributed by atoms with E-state index in [2.05, 4.69) is 10.2 Å². The Balaban J connectivity index is 1.90. The molecule has 1 aliphatic heterocycles. The van der Waals surface area contributed by atoms with E-state index in [4.69, 9.17) is 0 Å². The lowest BCUT2D eigenvalue weighted by Crippen LogP contribution is -2.47. The molecule has 0 amide bonds. The minimum Gasteiger partial charge on any atom is -0.282 e. The molecule has 0 bridgehead atoms. The van der Waals surface area contributed by atoms with Crippen LogP contribution in [0.1, 0.15) is 25.5 Å². The van der Waals surface area contributed by atoms with Crippen molar-refractivity contribution < 1.29 is 12.8 Å². The second kappa shape index (κ2) is 5.48. The Bertz CT molecular complexity index is 744. The van der Waals surface area contributed by atoms with E-state index in [9.17, 15) is 12.8 Å². The molecule has 7 heteroatoms. The van der Waals surface area contributed by atoms with Gasteiger partial charge < -0.3 is 0 Å². The molecule has 1 aromatic heterocycles. The van der Waals surface area contributed by atoms with Gasteiger partial charge in [0.2, 0.25) is 10.0 Å². The second-order valence-corrected chi connectivity index (χ2v) is 7.86. The van der Waals surface area contributed by atoms with Crippen LogP contribution in [0.4, 0.5) is 4.39 Å². The lowest BCUT2D eigenvalue weighted by molar-refractivity contribution is 0.236. The molecule has 118 valence electrons. The molecule has 2 aromatic rings. The van der Waals surface area contributed by atoms with E-state index in [1.807, 2.05) is 13.0 Å². The summed E-state index contributed by atoms with van der Waals surface area (Å²) in [6, 6.07) is 6.85. The van der Waals surface area contributed by atoms with Crippen molar-refractivity contribution in [1.29, 1.82) is 0 Å². The Morgan fingerprint density at radius 1 is 1.27 bits per heavy atom. The third-order valence-electron chi connectivity index (χ3n) is 4.26. The summed E-state index contributed by atoms with van der Waals surface area (Å²) in [7, 11) is -3.61. The molecule has 0 saturated carbocycles. The van der Waals surface area contributed by atoms with Crippen LogP contribution in [0.3, 0.4) is 0 Å². The Morgan fingerprint density at radius 3 is 2.64 bits per heavy atom. The van der Waals surface area contributed by atoms with Crippen LogP contribution in [-0.4, -0.2) is 36.0 Å². The molecule has 2 heterocycles. The third-order valence-corrected chi connectivity index (χ3v) is 6.12. The standard InChI is InChI=1S/C15H18FN3O2S/c1-15(14-7-9-17-18-14)8-2-10-19(11-15)22(20,21)13-5-3-12(16)4-6-13/h3-7,9H,2,8,10-11H2,1H3,(H,17,18). The first-order valence-electron chi connectivity index (χ1n) is 7.17. The van der Waals surface area contributed by atoms with Gasteiger partial charge in [0.15, 0.2) is 0 Å². The van der Waals surface area contributed by atoms with Crippen LogP contribution in [-0.2, 0) is 15.4 Å². The van der Waals surface area contributed by atoms with Gasteiger partial charge in [0, 0.05) is 30.4 Å². The topological polar surface area (TPSA) is 66.1 Å². The number of H-pyrrole nitrogens is 1. The lowest BCUT2D eigenvalue weighted by Gasteiger charge is -2.39. The summed E-state index contributed by atoms with van der Waals surface area (Å²) in [5.74, 6) is -0.445. The fourth-order valence-electron chi connectivity index (χ4n) is 2.97. The molecule has 1 unspecified atom stereocenters. The normalized spacial score (nSPS) is 23.5. The smallest absolute Gasteiger partial charge is 0.243 e. The van der Waals surface area contributed by atoms with Crippen LogP contribution < -0.4 is 0 Å². The SMILES string of the molecule is CC1(c2ccn[nH]2)CCCN(S(=O)(=O)c2ccc(F)cc2)C1. The van der Waals surface area contributed by atoms with E-state index < -0.39 is 15.8 Å². The maximum Gasteiger partial charge on any atom is 0.243 e. The number of piperidine rings is 1. The number of hydrogen-bond donors (Lipinski definition) is 1. The van der Waals surface area contributed by atoms with E-state index in [1.165, 1.54) is 28.6 Å². The quantitative estimate of drug-likeness (QED) is 0.942. The monoisotopic (exact) mass is 323 g/mol. The highest BCUT2D eigenvalue weighted by Crippen LogP contribution is 2.34. The van der Waals surface area contributed by atoms with Crippen LogP contribution in [0.2, 0.25) is 0 Å². The molecule has 0 aliphatic carbocycles. The summed E-state index contributed by atoms with van der Waals surface area (Å²) < 4.78 is 40.0. The van der Waals surface area contributed by atoms with Gasteiger partial charge in [-0.2, -0.15) is 9.40 Å². The fraction of sp³-hybridized carbons (Fsp3) is 0.400. The molecule has 1 saturated heterocycles. The largest absolute Gasteiger partial charge is 0.282 e. The molecule has 1 aliphatic rings. The number of hydrogen-bond acceptors (Lipinski definition) is 3. The van der Waals surface area contributed by atoms with E-state index >= 15 is 0 Å². The minimum absolute atomic E-state index is 0.128. The zero-order chi connectivity index (χ0) is 15.8. The molecular formula is C15H18FN3O2S. The molecule has 0 spiro atoms. The highest BCUT2D eigenvalue weighted by Gasteiger charge is 2.38. The van der Waals surface area contributed by atoms with Crippen molar-refractivity contribution in [3.05, 3.63) is 48.0 Å². The predicted octanol–water partition coefficient (Wildman–Crippen LogP) is 2.29. The van der Waals surface area contributed by atoms with E-state index in [0.717, 1.165) is 18.5 Å². The molecule has 1 N–H and O–H groups in total. The van der Waals surface area contributed by atoms with E-state index in [1.54, 1.807) is 6.20 Å². The third kappa shape index (κ3) is 2.66. The Morgan fingerprint density at radius 2 is 2.00 bits per heavy atom. The Kier molecular flexibility index (Phi) is 3.78. The van der Waals surface area contributed by atoms with Crippen molar-refractivity contribution in [2.45, 2.75) is 30.1 Å². The van der Waals surface area contributed by atoms with Gasteiger partial charge in [-0.25, -0.2) is 12.8 Å². The molecule has 5 nitrogen and oxygen atoms in total. The highest BCUT2D eigenvalue weighted by atomic mass is 32.2. The number of halogens is 1. The average Bonchev–Trinajstić information content (AvgIpc) is 3.03. The van der Waals surface area contributed by atoms with Crippen LogP contribution in [0.15, 0.2) is 41.4 Å². The van der Waals surface area contributed by atoms with Gasteiger partial charge >= 0.3 is 0 Å². The predicted molar refractivity (Wildman–Crippen MR) is 80.3 cm³/mol. The molecule has 1 fully saturated rings. The van der Waals surface area contributed by atoms with Crippen molar-refractivity contribution in [2.24, 2.45) is 0 Å². The number of aromatic amines is 1. The first-order chi connectivity index (χ1) is 10.4. The summed E-state index contributed by atoms with van der Waals surface area (Å²) in [6.07, 6.45) is 3.34. The van der Waals surface area contributed by atoms with Gasteiger partial charge in [-0.05, 0) is 43.2 Å². The molecule has 3 rings (SSSR count). The number of nitrogens with one attached hydrogen (secondary N) is 1. The summed E-state index contributed by atoms with van der Waals surface area (Å²) >= 11 is 0. The Hall–Kier alpha value is -1.73. The van der Waals surface area contributed by atoms with Gasteiger partial charge in [-0.3, -0.25) is 5.10 Å². The minimum atomic E-state index is -3.61. The lowest BCUT2D eigenvalue weighted by atomic mass is 9.80. The van der Waals surface area contributed by atoms with Crippen LogP contribution in [0.5, 0.6) is 0 Å². The van der Waals surface area contributed by atoms with E-state index in [-0.39, 0.29) is 10.3 Å². The van der Waals surface area contributed by atoms with Gasteiger partial charge in [0.1, 0.15) is 5.82 Å². The summed E-state index contributed by atoms with van der Waals surface area (Å²) in [5.41, 5.74) is 0.647. The highest BCUT2D eigenvalue weighted by molar-refractivity contribution is 7.89. The summed E-state index contributed by atoms with van der Waals surface area (Å²) in [4.78, 5) is 0.128. The zero-order valence-corrected chi connectivity index (χ0v) is 13.1. The van der Waals surface area contributed by atoms with Crippen molar-refractivity contribution in [2.75, 3.05) is 13.1 Å². The van der Waals surface area contributed by atoms with Crippen molar-refractivity contribution in [3.8, 4) is 0 Å². The van der Waals surface area contributed by atoms with Crippen LogP contribution >= 0.6 is 0 Å². The number of benzene rings is 1. The maximum absolute atomic E-state index is 13.0. The molecule has 1 aromatic carbocycles. The Labute approximate surface area is 129 Å². The molecule has 22 heavy (non-hydrogen) atoms. The van der Waals surface area contributed by atoms with Crippen LogP contribution in [0, 0.1) is 5.82 Å². The fourth-order valence-corrected chi connectivity index (χ4v) is 4.57. The first kappa shape index (κ1) is 15.2. The molecular weight excluding hydrogens is 305 g/mol. The van der Waals surface area contributed by atoms with Crippen LogP contribution in [0.25, 0.3) is 0 Å². The number of aromatic nitrogens is 2.